The van der Waals surface area contributed by atoms with Crippen LogP contribution in [-0.2, 0) is 14.3 Å². The number of methoxy groups -OCH3 is 1. The fourth-order valence-corrected chi connectivity index (χ4v) is 1.95. The molecule has 1 unspecified atom stereocenters. The van der Waals surface area contributed by atoms with Gasteiger partial charge in [0.1, 0.15) is 0 Å². The number of benzene rings is 1. The van der Waals surface area contributed by atoms with E-state index in [0.717, 1.165) is 6.07 Å². The van der Waals surface area contributed by atoms with Gasteiger partial charge in [-0.05, 0) is 12.1 Å². The second-order valence-corrected chi connectivity index (χ2v) is 4.06. The lowest BCUT2D eigenvalue weighted by Gasteiger charge is -2.16. The third-order valence-corrected chi connectivity index (χ3v) is 2.90. The van der Waals surface area contributed by atoms with Crippen molar-refractivity contribution >= 4 is 17.6 Å². The summed E-state index contributed by atoms with van der Waals surface area (Å²) in [5.41, 5.74) is 0.321. The monoisotopic (exact) mass is 253 g/mol. The Labute approximate surface area is 103 Å². The van der Waals surface area contributed by atoms with Crippen molar-refractivity contribution in [3.63, 3.8) is 0 Å². The minimum Gasteiger partial charge on any atom is -0.505 e. The molecule has 1 aromatic rings. The van der Waals surface area contributed by atoms with E-state index in [2.05, 4.69) is 4.74 Å². The molecule has 0 saturated carbocycles. The Hall–Kier alpha value is -2.11. The molecule has 1 heterocycles. The van der Waals surface area contributed by atoms with Gasteiger partial charge in [0, 0.05) is 24.7 Å². The number of phenolic OH excluding ortho intramolecular Hbond substituents is 1. The minimum atomic E-state index is -0.804. The predicted molar refractivity (Wildman–Crippen MR) is 60.5 cm³/mol. The molecule has 1 aliphatic rings. The highest BCUT2D eigenvalue weighted by molar-refractivity contribution is 5.99. The van der Waals surface area contributed by atoms with Gasteiger partial charge in [-0.25, -0.2) is 4.39 Å². The van der Waals surface area contributed by atoms with E-state index in [9.17, 15) is 14.0 Å². The maximum absolute atomic E-state index is 13.2. The first-order chi connectivity index (χ1) is 8.52. The van der Waals surface area contributed by atoms with Crippen molar-refractivity contribution in [3.8, 4) is 5.75 Å². The Morgan fingerprint density at radius 3 is 2.89 bits per heavy atom. The van der Waals surface area contributed by atoms with E-state index in [1.807, 2.05) is 0 Å². The van der Waals surface area contributed by atoms with Gasteiger partial charge in [0.2, 0.25) is 5.91 Å². The molecule has 1 N–H and O–H groups in total. The molecule has 0 radical (unpaired) electrons. The lowest BCUT2D eigenvalue weighted by atomic mass is 10.1. The van der Waals surface area contributed by atoms with Gasteiger partial charge < -0.3 is 14.7 Å². The summed E-state index contributed by atoms with van der Waals surface area (Å²) < 4.78 is 17.8. The number of hydrogen-bond acceptors (Lipinski definition) is 4. The number of anilines is 1. The Bertz CT molecular complexity index is 503. The van der Waals surface area contributed by atoms with Gasteiger partial charge in [-0.3, -0.25) is 9.59 Å². The van der Waals surface area contributed by atoms with Crippen molar-refractivity contribution in [3.05, 3.63) is 24.0 Å². The Balaban J connectivity index is 2.21. The zero-order valence-electron chi connectivity index (χ0n) is 9.72. The van der Waals surface area contributed by atoms with Crippen LogP contribution in [0.2, 0.25) is 0 Å². The molecule has 5 nitrogen and oxygen atoms in total. The largest absolute Gasteiger partial charge is 0.505 e. The van der Waals surface area contributed by atoms with E-state index in [4.69, 9.17) is 5.11 Å². The molecule has 0 aromatic heterocycles. The van der Waals surface area contributed by atoms with Crippen LogP contribution in [0.4, 0.5) is 10.1 Å². The van der Waals surface area contributed by atoms with Gasteiger partial charge in [0.25, 0.3) is 0 Å². The number of halogens is 1. The lowest BCUT2D eigenvalue weighted by molar-refractivity contribution is -0.145. The fourth-order valence-electron chi connectivity index (χ4n) is 1.95. The molecule has 1 aromatic carbocycles. The minimum absolute atomic E-state index is 0.0508. The third kappa shape index (κ3) is 2.13. The van der Waals surface area contributed by atoms with E-state index in [0.29, 0.717) is 5.69 Å². The molecule has 1 saturated heterocycles. The molecular weight excluding hydrogens is 241 g/mol. The summed E-state index contributed by atoms with van der Waals surface area (Å²) in [6, 6.07) is 3.66. The molecule has 2 rings (SSSR count). The standard InChI is InChI=1S/C12H12FNO4/c1-18-12(17)7-4-11(16)14(6-7)8-2-3-10(15)9(13)5-8/h2-3,5,7,15H,4,6H2,1H3. The van der Waals surface area contributed by atoms with Crippen LogP contribution in [0.3, 0.4) is 0 Å². The summed E-state index contributed by atoms with van der Waals surface area (Å²) in [6.07, 6.45) is 0.0508. The maximum atomic E-state index is 13.2. The van der Waals surface area contributed by atoms with Crippen molar-refractivity contribution < 1.29 is 23.8 Å². The second kappa shape index (κ2) is 4.64. The Morgan fingerprint density at radius 2 is 2.28 bits per heavy atom. The van der Waals surface area contributed by atoms with Crippen LogP contribution in [0.15, 0.2) is 18.2 Å². The van der Waals surface area contributed by atoms with Crippen LogP contribution < -0.4 is 4.90 Å². The molecule has 0 bridgehead atoms. The second-order valence-electron chi connectivity index (χ2n) is 4.06. The Morgan fingerprint density at radius 1 is 1.56 bits per heavy atom. The number of hydrogen-bond donors (Lipinski definition) is 1. The molecule has 1 aliphatic heterocycles. The van der Waals surface area contributed by atoms with Gasteiger partial charge in [0.05, 0.1) is 13.0 Å². The number of rotatable bonds is 2. The normalized spacial score (nSPS) is 19.1. The Kier molecular flexibility index (Phi) is 3.18. The van der Waals surface area contributed by atoms with E-state index in [1.54, 1.807) is 0 Å². The summed E-state index contributed by atoms with van der Waals surface area (Å²) in [6.45, 7) is 0.162. The fraction of sp³-hybridized carbons (Fsp3) is 0.333. The van der Waals surface area contributed by atoms with E-state index >= 15 is 0 Å². The zero-order chi connectivity index (χ0) is 13.3. The highest BCUT2D eigenvalue weighted by Gasteiger charge is 2.35. The first kappa shape index (κ1) is 12.3. The van der Waals surface area contributed by atoms with Crippen LogP contribution in [0, 0.1) is 11.7 Å². The summed E-state index contributed by atoms with van der Waals surface area (Å²) in [7, 11) is 1.26. The first-order valence-corrected chi connectivity index (χ1v) is 5.39. The van der Waals surface area contributed by atoms with Crippen molar-refractivity contribution in [2.45, 2.75) is 6.42 Å². The van der Waals surface area contributed by atoms with Gasteiger partial charge in [0.15, 0.2) is 11.6 Å². The molecule has 0 spiro atoms. The van der Waals surface area contributed by atoms with Crippen LogP contribution in [0.25, 0.3) is 0 Å². The number of aromatic hydroxyl groups is 1. The summed E-state index contributed by atoms with van der Waals surface area (Å²) in [5, 5.41) is 9.08. The highest BCUT2D eigenvalue weighted by Crippen LogP contribution is 2.28. The first-order valence-electron chi connectivity index (χ1n) is 5.39. The topological polar surface area (TPSA) is 66.8 Å². The molecule has 0 aliphatic carbocycles. The van der Waals surface area contributed by atoms with Gasteiger partial charge in [-0.15, -0.1) is 0 Å². The van der Waals surface area contributed by atoms with Crippen LogP contribution >= 0.6 is 0 Å². The van der Waals surface area contributed by atoms with E-state index in [-0.39, 0.29) is 18.9 Å². The number of carbonyl (C=O) groups is 2. The molecule has 1 atom stereocenters. The SMILES string of the molecule is COC(=O)C1CC(=O)N(c2ccc(O)c(F)c2)C1. The highest BCUT2D eigenvalue weighted by atomic mass is 19.1. The summed E-state index contributed by atoms with van der Waals surface area (Å²) >= 11 is 0. The van der Waals surface area contributed by atoms with E-state index < -0.39 is 23.5 Å². The lowest BCUT2D eigenvalue weighted by Crippen LogP contribution is -2.26. The van der Waals surface area contributed by atoms with Crippen LogP contribution in [-0.4, -0.2) is 30.6 Å². The maximum Gasteiger partial charge on any atom is 0.311 e. The molecule has 1 fully saturated rings. The predicted octanol–water partition coefficient (Wildman–Crippen LogP) is 1.06. The van der Waals surface area contributed by atoms with Crippen LogP contribution in [0.1, 0.15) is 6.42 Å². The summed E-state index contributed by atoms with van der Waals surface area (Å²) in [5.74, 6) is -2.53. The van der Waals surface area contributed by atoms with Crippen molar-refractivity contribution in [2.75, 3.05) is 18.6 Å². The number of phenols is 1. The van der Waals surface area contributed by atoms with E-state index in [1.165, 1.54) is 24.1 Å². The van der Waals surface area contributed by atoms with Gasteiger partial charge in [-0.2, -0.15) is 0 Å². The number of carbonyl (C=O) groups excluding carboxylic acids is 2. The molecule has 96 valence electrons. The number of amides is 1. The van der Waals surface area contributed by atoms with Crippen molar-refractivity contribution in [2.24, 2.45) is 5.92 Å². The summed E-state index contributed by atoms with van der Waals surface area (Å²) in [4.78, 5) is 24.4. The van der Waals surface area contributed by atoms with Gasteiger partial charge in [-0.1, -0.05) is 0 Å². The molecule has 18 heavy (non-hydrogen) atoms. The zero-order valence-corrected chi connectivity index (χ0v) is 9.72. The van der Waals surface area contributed by atoms with Crippen molar-refractivity contribution in [1.29, 1.82) is 0 Å². The van der Waals surface area contributed by atoms with Gasteiger partial charge >= 0.3 is 5.97 Å². The molecule has 1 amide bonds. The number of ether oxygens (including phenoxy) is 1. The van der Waals surface area contributed by atoms with Crippen LogP contribution in [0.5, 0.6) is 5.75 Å². The quantitative estimate of drug-likeness (QED) is 0.800. The number of nitrogens with zero attached hydrogens (tertiary/aromatic N) is 1. The number of esters is 1. The third-order valence-electron chi connectivity index (χ3n) is 2.90. The smallest absolute Gasteiger partial charge is 0.311 e. The molecular formula is C12H12FNO4. The average molecular weight is 253 g/mol. The average Bonchev–Trinajstić information content (AvgIpc) is 2.74. The van der Waals surface area contributed by atoms with Crippen molar-refractivity contribution in [1.82, 2.24) is 0 Å². The molecule has 6 heteroatoms.